The molecule has 0 spiro atoms. The quantitative estimate of drug-likeness (QED) is 0.442. The third-order valence-corrected chi connectivity index (χ3v) is 8.48. The van der Waals surface area contributed by atoms with Gasteiger partial charge in [-0.1, -0.05) is 12.1 Å². The molecule has 1 aliphatic heterocycles. The van der Waals surface area contributed by atoms with Gasteiger partial charge in [0.2, 0.25) is 10.0 Å². The zero-order valence-corrected chi connectivity index (χ0v) is 19.4. The molecule has 170 valence electrons. The summed E-state index contributed by atoms with van der Waals surface area (Å²) in [5.74, 6) is -0.322. The van der Waals surface area contributed by atoms with E-state index in [2.05, 4.69) is 15.1 Å². The van der Waals surface area contributed by atoms with Crippen LogP contribution < -0.4 is 11.5 Å². The van der Waals surface area contributed by atoms with E-state index in [1.165, 1.54) is 20.2 Å². The topological polar surface area (TPSA) is 150 Å². The second kappa shape index (κ2) is 7.90. The molecule has 3 aromatic heterocycles. The van der Waals surface area contributed by atoms with E-state index in [1.807, 2.05) is 5.38 Å². The second-order valence-corrected chi connectivity index (χ2v) is 10.6. The van der Waals surface area contributed by atoms with Crippen molar-refractivity contribution in [2.45, 2.75) is 24.7 Å². The Balaban J connectivity index is 1.47. The lowest BCUT2D eigenvalue weighted by atomic mass is 10.2. The van der Waals surface area contributed by atoms with Crippen LogP contribution in [0.1, 0.15) is 28.9 Å². The van der Waals surface area contributed by atoms with Crippen LogP contribution in [-0.2, 0) is 10.0 Å². The highest BCUT2D eigenvalue weighted by atomic mass is 32.2. The summed E-state index contributed by atoms with van der Waals surface area (Å²) in [5, 5.41) is 6.79. The molecule has 1 amide bonds. The monoisotopic (exact) mass is 483 g/mol. The van der Waals surface area contributed by atoms with E-state index in [-0.39, 0.29) is 10.5 Å². The average Bonchev–Trinajstić information content (AvgIpc) is 3.54. The van der Waals surface area contributed by atoms with Crippen LogP contribution in [0.4, 0.5) is 5.82 Å². The number of sulfonamides is 1. The number of nitrogen functional groups attached to an aromatic ring is 1. The molecule has 0 aliphatic carbocycles. The first-order chi connectivity index (χ1) is 15.8. The highest BCUT2D eigenvalue weighted by Gasteiger charge is 2.27. The van der Waals surface area contributed by atoms with E-state index in [1.54, 1.807) is 37.4 Å². The van der Waals surface area contributed by atoms with Gasteiger partial charge in [-0.3, -0.25) is 4.79 Å². The van der Waals surface area contributed by atoms with E-state index >= 15 is 0 Å². The van der Waals surface area contributed by atoms with Gasteiger partial charge in [-0.25, -0.2) is 18.4 Å². The third-order valence-electron chi connectivity index (χ3n) is 5.69. The maximum Gasteiger partial charge on any atom is 0.254 e. The molecule has 0 unspecified atom stereocenters. The minimum absolute atomic E-state index is 0.233. The van der Waals surface area contributed by atoms with Gasteiger partial charge in [0.1, 0.15) is 16.4 Å². The summed E-state index contributed by atoms with van der Waals surface area (Å²) in [6.07, 6.45) is 3.34. The van der Waals surface area contributed by atoms with Crippen molar-refractivity contribution in [3.05, 3.63) is 47.1 Å². The van der Waals surface area contributed by atoms with Crippen molar-refractivity contribution in [2.75, 3.05) is 18.8 Å². The Kier molecular flexibility index (Phi) is 5.15. The first-order valence-electron chi connectivity index (χ1n) is 10.3. The lowest BCUT2D eigenvalue weighted by Crippen LogP contribution is -2.27. The molecular formula is C21H21N7O3S2. The normalized spacial score (nSPS) is 14.8. The largest absolute Gasteiger partial charge is 0.383 e. The Bertz CT molecular complexity index is 1480. The van der Waals surface area contributed by atoms with Crippen LogP contribution in [-0.4, -0.2) is 51.3 Å². The number of aromatic nitrogens is 4. The number of aryl methyl sites for hydroxylation is 1. The van der Waals surface area contributed by atoms with Crippen LogP contribution in [0, 0.1) is 6.92 Å². The molecule has 4 heterocycles. The van der Waals surface area contributed by atoms with Gasteiger partial charge in [0.25, 0.3) is 5.91 Å². The molecule has 1 aromatic carbocycles. The fourth-order valence-electron chi connectivity index (χ4n) is 3.97. The summed E-state index contributed by atoms with van der Waals surface area (Å²) in [7, 11) is -3.46. The van der Waals surface area contributed by atoms with Crippen molar-refractivity contribution in [1.82, 2.24) is 23.9 Å². The smallest absolute Gasteiger partial charge is 0.254 e. The number of amides is 1. The van der Waals surface area contributed by atoms with E-state index in [0.717, 1.165) is 18.4 Å². The van der Waals surface area contributed by atoms with E-state index in [9.17, 15) is 13.2 Å². The molecule has 0 saturated carbocycles. The number of nitrogens with zero attached hydrogens (tertiary/aromatic N) is 5. The third kappa shape index (κ3) is 3.56. The van der Waals surface area contributed by atoms with Crippen molar-refractivity contribution in [1.29, 1.82) is 0 Å². The minimum atomic E-state index is -3.46. The van der Waals surface area contributed by atoms with Crippen LogP contribution in [0.15, 0.2) is 40.7 Å². The number of anilines is 1. The predicted octanol–water partition coefficient (Wildman–Crippen LogP) is 2.29. The maximum absolute atomic E-state index is 12.7. The maximum atomic E-state index is 12.7. The van der Waals surface area contributed by atoms with Crippen LogP contribution in [0.2, 0.25) is 0 Å². The number of carbonyl (C=O) groups is 1. The summed E-state index contributed by atoms with van der Waals surface area (Å²) < 4.78 is 28.4. The predicted molar refractivity (Wildman–Crippen MR) is 125 cm³/mol. The Morgan fingerprint density at radius 3 is 2.52 bits per heavy atom. The molecule has 4 aromatic rings. The Labute approximate surface area is 193 Å². The van der Waals surface area contributed by atoms with Gasteiger partial charge in [0.05, 0.1) is 21.8 Å². The fraction of sp³-hybridized carbons (Fsp3) is 0.238. The molecule has 4 N–H and O–H groups in total. The molecular weight excluding hydrogens is 462 g/mol. The van der Waals surface area contributed by atoms with Crippen molar-refractivity contribution < 1.29 is 13.2 Å². The summed E-state index contributed by atoms with van der Waals surface area (Å²) >= 11 is 1.38. The molecule has 5 rings (SSSR count). The zero-order chi connectivity index (χ0) is 23.3. The minimum Gasteiger partial charge on any atom is -0.383 e. The molecule has 10 nitrogen and oxygen atoms in total. The molecule has 0 atom stereocenters. The standard InChI is InChI=1S/C21H21N7O3S2/c1-12-17(19(23)29)20-24-10-15(18(22)28(20)26-12)21-25-16(11-32-21)13-4-6-14(7-5-13)33(30,31)27-8-2-3-9-27/h4-7,10-11H,2-3,8-9,22H2,1H3,(H2,23,29). The highest BCUT2D eigenvalue weighted by molar-refractivity contribution is 7.89. The summed E-state index contributed by atoms with van der Waals surface area (Å²) in [6, 6.07) is 6.73. The zero-order valence-electron chi connectivity index (χ0n) is 17.7. The van der Waals surface area contributed by atoms with E-state index in [4.69, 9.17) is 11.5 Å². The number of benzene rings is 1. The number of hydrogen-bond donors (Lipinski definition) is 2. The Morgan fingerprint density at radius 1 is 1.15 bits per heavy atom. The van der Waals surface area contributed by atoms with Crippen molar-refractivity contribution in [2.24, 2.45) is 5.73 Å². The molecule has 33 heavy (non-hydrogen) atoms. The number of fused-ring (bicyclic) bond motifs is 1. The van der Waals surface area contributed by atoms with Crippen molar-refractivity contribution >= 4 is 38.7 Å². The van der Waals surface area contributed by atoms with Crippen LogP contribution in [0.5, 0.6) is 0 Å². The summed E-state index contributed by atoms with van der Waals surface area (Å²) in [5.41, 5.74) is 14.8. The average molecular weight is 484 g/mol. The highest BCUT2D eigenvalue weighted by Crippen LogP contribution is 2.33. The Hall–Kier alpha value is -3.35. The second-order valence-electron chi connectivity index (χ2n) is 7.79. The number of primary amides is 1. The number of hydrogen-bond acceptors (Lipinski definition) is 8. The van der Waals surface area contributed by atoms with Crippen LogP contribution >= 0.6 is 11.3 Å². The number of rotatable bonds is 5. The molecule has 1 fully saturated rings. The first kappa shape index (κ1) is 21.5. The fourth-order valence-corrected chi connectivity index (χ4v) is 6.33. The lowest BCUT2D eigenvalue weighted by Gasteiger charge is -2.15. The van der Waals surface area contributed by atoms with Crippen LogP contribution in [0.25, 0.3) is 27.5 Å². The Morgan fingerprint density at radius 2 is 1.85 bits per heavy atom. The van der Waals surface area contributed by atoms with Gasteiger partial charge in [-0.15, -0.1) is 11.3 Å². The number of thiazole rings is 1. The molecule has 1 saturated heterocycles. The van der Waals surface area contributed by atoms with E-state index < -0.39 is 15.9 Å². The van der Waals surface area contributed by atoms with Gasteiger partial charge < -0.3 is 11.5 Å². The SMILES string of the molecule is Cc1nn2c(N)c(-c3nc(-c4ccc(S(=O)(=O)N5CCCC5)cc4)cs3)cnc2c1C(N)=O. The summed E-state index contributed by atoms with van der Waals surface area (Å²) in [6.45, 7) is 2.80. The summed E-state index contributed by atoms with van der Waals surface area (Å²) in [4.78, 5) is 21.0. The van der Waals surface area contributed by atoms with Gasteiger partial charge in [-0.05, 0) is 31.9 Å². The molecule has 1 aliphatic rings. The van der Waals surface area contributed by atoms with Crippen molar-refractivity contribution in [3.63, 3.8) is 0 Å². The van der Waals surface area contributed by atoms with Gasteiger partial charge in [-0.2, -0.15) is 13.9 Å². The molecule has 12 heteroatoms. The van der Waals surface area contributed by atoms with Crippen molar-refractivity contribution in [3.8, 4) is 21.8 Å². The first-order valence-corrected chi connectivity index (χ1v) is 12.6. The molecule has 0 bridgehead atoms. The number of carbonyl (C=O) groups excluding carboxylic acids is 1. The molecule has 0 radical (unpaired) electrons. The number of nitrogens with two attached hydrogens (primary N) is 2. The van der Waals surface area contributed by atoms with E-state index in [0.29, 0.717) is 46.5 Å². The lowest BCUT2D eigenvalue weighted by molar-refractivity contribution is 0.100. The van der Waals surface area contributed by atoms with Gasteiger partial charge in [0.15, 0.2) is 5.65 Å². The van der Waals surface area contributed by atoms with Crippen LogP contribution in [0.3, 0.4) is 0 Å². The van der Waals surface area contributed by atoms with Gasteiger partial charge in [0, 0.05) is 30.2 Å². The van der Waals surface area contributed by atoms with Gasteiger partial charge >= 0.3 is 0 Å².